The maximum atomic E-state index is 12.4. The molecule has 144 valence electrons. The summed E-state index contributed by atoms with van der Waals surface area (Å²) in [6.45, 7) is 5.91. The van der Waals surface area contributed by atoms with Crippen LogP contribution < -0.4 is 5.32 Å². The molecule has 0 bridgehead atoms. The summed E-state index contributed by atoms with van der Waals surface area (Å²) in [5.74, 6) is 0.651. The van der Waals surface area contributed by atoms with E-state index < -0.39 is 10.0 Å². The molecule has 1 aliphatic heterocycles. The normalized spacial score (nSPS) is 14.9. The summed E-state index contributed by atoms with van der Waals surface area (Å²) in [6, 6.07) is 6.54. The van der Waals surface area contributed by atoms with Crippen molar-refractivity contribution in [3.05, 3.63) is 29.8 Å². The van der Waals surface area contributed by atoms with Crippen LogP contribution in [0.4, 0.5) is 4.79 Å². The highest BCUT2D eigenvalue weighted by Gasteiger charge is 2.22. The first-order valence-corrected chi connectivity index (χ1v) is 11.1. The molecule has 1 aromatic rings. The van der Waals surface area contributed by atoms with Gasteiger partial charge in [0.15, 0.2) is 0 Å². The molecule has 1 saturated heterocycles. The van der Waals surface area contributed by atoms with Gasteiger partial charge in [-0.15, -0.1) is 0 Å². The Hall–Kier alpha value is -1.58. The van der Waals surface area contributed by atoms with Crippen molar-refractivity contribution in [2.45, 2.75) is 31.7 Å². The molecule has 0 spiro atoms. The lowest BCUT2D eigenvalue weighted by Gasteiger charge is -2.18. The maximum Gasteiger partial charge on any atom is 0.281 e. The van der Waals surface area contributed by atoms with Gasteiger partial charge in [-0.25, -0.2) is 8.42 Å². The molecule has 1 aromatic carbocycles. The molecule has 7 nitrogen and oxygen atoms in total. The van der Waals surface area contributed by atoms with Gasteiger partial charge in [0.25, 0.3) is 5.24 Å². The van der Waals surface area contributed by atoms with Crippen LogP contribution in [0, 0.1) is 0 Å². The fraction of sp³-hybridized carbons (Fsp3) is 0.529. The smallest absolute Gasteiger partial charge is 0.281 e. The minimum Gasteiger partial charge on any atom is -0.352 e. The number of nitrogens with zero attached hydrogens (tertiary/aromatic N) is 2. The van der Waals surface area contributed by atoms with E-state index in [1.165, 1.54) is 16.1 Å². The van der Waals surface area contributed by atoms with Gasteiger partial charge >= 0.3 is 0 Å². The number of thioether (sulfide) groups is 1. The van der Waals surface area contributed by atoms with Crippen LogP contribution in [0.25, 0.3) is 0 Å². The molecular formula is C17H25N3O4S2. The first-order chi connectivity index (χ1) is 12.4. The van der Waals surface area contributed by atoms with E-state index in [1.807, 2.05) is 0 Å². The second kappa shape index (κ2) is 9.38. The van der Waals surface area contributed by atoms with Crippen LogP contribution in [-0.2, 0) is 21.4 Å². The molecule has 0 unspecified atom stereocenters. The third-order valence-electron chi connectivity index (χ3n) is 4.21. The Kier molecular flexibility index (Phi) is 7.48. The topological polar surface area (TPSA) is 86.8 Å². The van der Waals surface area contributed by atoms with Crippen molar-refractivity contribution in [2.75, 3.05) is 31.9 Å². The Morgan fingerprint density at radius 1 is 1.23 bits per heavy atom. The molecule has 0 atom stereocenters. The van der Waals surface area contributed by atoms with Crippen molar-refractivity contribution in [3.63, 3.8) is 0 Å². The van der Waals surface area contributed by atoms with Crippen LogP contribution >= 0.6 is 11.8 Å². The van der Waals surface area contributed by atoms with Crippen molar-refractivity contribution in [3.8, 4) is 0 Å². The number of sulfonamides is 1. The van der Waals surface area contributed by atoms with Gasteiger partial charge in [0, 0.05) is 44.9 Å². The number of nitrogens with one attached hydrogen (secondary N) is 1. The third-order valence-corrected chi connectivity index (χ3v) is 7.17. The van der Waals surface area contributed by atoms with Gasteiger partial charge in [0.05, 0.1) is 4.90 Å². The number of carbonyl (C=O) groups excluding carboxylic acids is 2. The minimum absolute atomic E-state index is 0.0304. The lowest BCUT2D eigenvalue weighted by atomic mass is 10.2. The zero-order valence-corrected chi connectivity index (χ0v) is 16.7. The number of hydrogen-bond donors (Lipinski definition) is 1. The molecule has 1 N–H and O–H groups in total. The van der Waals surface area contributed by atoms with Crippen LogP contribution in [0.15, 0.2) is 29.2 Å². The van der Waals surface area contributed by atoms with Crippen LogP contribution in [0.1, 0.15) is 25.8 Å². The Morgan fingerprint density at radius 3 is 2.42 bits per heavy atom. The summed E-state index contributed by atoms with van der Waals surface area (Å²) in [6.07, 6.45) is 0.265. The van der Waals surface area contributed by atoms with E-state index in [-0.39, 0.29) is 22.5 Å². The highest BCUT2D eigenvalue weighted by atomic mass is 32.2. The number of carbonyl (C=O) groups is 2. The highest BCUT2D eigenvalue weighted by Crippen LogP contribution is 2.17. The molecule has 2 amide bonds. The monoisotopic (exact) mass is 399 g/mol. The molecule has 0 radical (unpaired) electrons. The lowest BCUT2D eigenvalue weighted by Crippen LogP contribution is -2.31. The van der Waals surface area contributed by atoms with Gasteiger partial charge < -0.3 is 10.2 Å². The number of amides is 2. The molecule has 1 fully saturated rings. The van der Waals surface area contributed by atoms with Crippen LogP contribution in [-0.4, -0.2) is 60.7 Å². The average Bonchev–Trinajstić information content (AvgIpc) is 3.04. The average molecular weight is 400 g/mol. The molecule has 1 aliphatic rings. The second-order valence-corrected chi connectivity index (χ2v) is 8.85. The molecule has 0 aromatic heterocycles. The summed E-state index contributed by atoms with van der Waals surface area (Å²) < 4.78 is 26.3. The van der Waals surface area contributed by atoms with E-state index in [4.69, 9.17) is 0 Å². The van der Waals surface area contributed by atoms with Crippen molar-refractivity contribution < 1.29 is 18.0 Å². The first-order valence-electron chi connectivity index (χ1n) is 8.66. The largest absolute Gasteiger partial charge is 0.352 e. The standard InChI is InChI=1S/C17H25N3O4S2/c1-3-20(4-2)26(23,24)15-7-5-14(6-8-15)13-18-16(21)9-10-19-11-12-25-17(19)22/h5-8H,3-4,9-13H2,1-2H3,(H,18,21). The van der Waals surface area contributed by atoms with Crippen LogP contribution in [0.2, 0.25) is 0 Å². The van der Waals surface area contributed by atoms with Crippen molar-refractivity contribution in [1.29, 1.82) is 0 Å². The van der Waals surface area contributed by atoms with Gasteiger partial charge in [-0.2, -0.15) is 4.31 Å². The van der Waals surface area contributed by atoms with E-state index in [2.05, 4.69) is 5.32 Å². The fourth-order valence-electron chi connectivity index (χ4n) is 2.65. The zero-order valence-electron chi connectivity index (χ0n) is 15.1. The molecule has 2 rings (SSSR count). The Labute approximate surface area is 159 Å². The SMILES string of the molecule is CCN(CC)S(=O)(=O)c1ccc(CNC(=O)CCN2CCSC2=O)cc1. The highest BCUT2D eigenvalue weighted by molar-refractivity contribution is 8.13. The number of benzene rings is 1. The van der Waals surface area contributed by atoms with Crippen molar-refractivity contribution in [2.24, 2.45) is 0 Å². The minimum atomic E-state index is -3.47. The molecule has 26 heavy (non-hydrogen) atoms. The zero-order chi connectivity index (χ0) is 19.2. The van der Waals surface area contributed by atoms with Gasteiger partial charge in [-0.1, -0.05) is 37.7 Å². The van der Waals surface area contributed by atoms with E-state index in [0.29, 0.717) is 32.7 Å². The van der Waals surface area contributed by atoms with E-state index in [1.54, 1.807) is 43.0 Å². The van der Waals surface area contributed by atoms with E-state index in [0.717, 1.165) is 11.3 Å². The number of hydrogen-bond acceptors (Lipinski definition) is 5. The molecule has 9 heteroatoms. The maximum absolute atomic E-state index is 12.4. The summed E-state index contributed by atoms with van der Waals surface area (Å²) >= 11 is 1.28. The van der Waals surface area contributed by atoms with Gasteiger partial charge in [0.2, 0.25) is 15.9 Å². The first kappa shape index (κ1) is 20.7. The summed E-state index contributed by atoms with van der Waals surface area (Å²) in [5.41, 5.74) is 0.824. The summed E-state index contributed by atoms with van der Waals surface area (Å²) in [7, 11) is -3.47. The quantitative estimate of drug-likeness (QED) is 0.685. The summed E-state index contributed by atoms with van der Waals surface area (Å²) in [4.78, 5) is 25.3. The van der Waals surface area contributed by atoms with E-state index in [9.17, 15) is 18.0 Å². The van der Waals surface area contributed by atoms with Crippen LogP contribution in [0.3, 0.4) is 0 Å². The predicted molar refractivity (Wildman–Crippen MR) is 102 cm³/mol. The van der Waals surface area contributed by atoms with Crippen molar-refractivity contribution >= 4 is 32.9 Å². The van der Waals surface area contributed by atoms with Crippen LogP contribution in [0.5, 0.6) is 0 Å². The van der Waals surface area contributed by atoms with Gasteiger partial charge in [-0.05, 0) is 17.7 Å². The Morgan fingerprint density at radius 2 is 1.88 bits per heavy atom. The molecule has 1 heterocycles. The van der Waals surface area contributed by atoms with E-state index >= 15 is 0 Å². The molecular weight excluding hydrogens is 374 g/mol. The summed E-state index contributed by atoms with van der Waals surface area (Å²) in [5, 5.41) is 2.83. The molecule has 0 aliphatic carbocycles. The fourth-order valence-corrected chi connectivity index (χ4v) is 4.96. The van der Waals surface area contributed by atoms with Gasteiger partial charge in [0.1, 0.15) is 0 Å². The second-order valence-electron chi connectivity index (χ2n) is 5.86. The molecule has 0 saturated carbocycles. The number of rotatable bonds is 9. The Balaban J connectivity index is 1.85. The van der Waals surface area contributed by atoms with Gasteiger partial charge in [-0.3, -0.25) is 9.59 Å². The van der Waals surface area contributed by atoms with Crippen molar-refractivity contribution in [1.82, 2.24) is 14.5 Å². The Bertz CT molecular complexity index is 731. The third kappa shape index (κ3) is 5.21. The predicted octanol–water partition coefficient (Wildman–Crippen LogP) is 1.89. The lowest BCUT2D eigenvalue weighted by molar-refractivity contribution is -0.121.